The summed E-state index contributed by atoms with van der Waals surface area (Å²) in [5.74, 6) is -1.12. The summed E-state index contributed by atoms with van der Waals surface area (Å²) in [6, 6.07) is 9.14. The fourth-order valence-electron chi connectivity index (χ4n) is 11.0. The lowest BCUT2D eigenvalue weighted by Gasteiger charge is -2.35. The van der Waals surface area contributed by atoms with Crippen molar-refractivity contribution in [3.63, 3.8) is 0 Å². The predicted molar refractivity (Wildman–Crippen MR) is 290 cm³/mol. The van der Waals surface area contributed by atoms with Crippen molar-refractivity contribution in [3.8, 4) is 21.6 Å². The molecule has 22 heteroatoms. The predicted octanol–water partition coefficient (Wildman–Crippen LogP) is 6.94. The van der Waals surface area contributed by atoms with Gasteiger partial charge in [0.05, 0.1) is 48.0 Å². The van der Waals surface area contributed by atoms with Crippen LogP contribution >= 0.6 is 11.3 Å². The third kappa shape index (κ3) is 12.6. The van der Waals surface area contributed by atoms with Crippen LogP contribution in [0.5, 0.6) is 0 Å². The Morgan fingerprint density at radius 1 is 0.936 bits per heavy atom. The van der Waals surface area contributed by atoms with Crippen LogP contribution in [0.4, 0.5) is 25.1 Å². The van der Waals surface area contributed by atoms with Gasteiger partial charge in [0.1, 0.15) is 12.1 Å². The van der Waals surface area contributed by atoms with Crippen molar-refractivity contribution in [2.75, 3.05) is 51.3 Å². The summed E-state index contributed by atoms with van der Waals surface area (Å²) in [6.07, 6.45) is 5.09. The highest BCUT2D eigenvalue weighted by molar-refractivity contribution is 7.13. The number of likely N-dealkylation sites (tertiary alicyclic amines) is 1. The molecule has 0 radical (unpaired) electrons. The van der Waals surface area contributed by atoms with Gasteiger partial charge in [-0.2, -0.15) is 10.2 Å². The molecule has 2 aromatic carbocycles. The van der Waals surface area contributed by atoms with Crippen LogP contribution in [0.3, 0.4) is 0 Å². The molecule has 0 bridgehead atoms. The van der Waals surface area contributed by atoms with Gasteiger partial charge in [-0.05, 0) is 85.3 Å². The quantitative estimate of drug-likeness (QED) is 0.0659. The zero-order chi connectivity index (χ0) is 55.3. The molecule has 9 rings (SSSR count). The first kappa shape index (κ1) is 55.7. The summed E-state index contributed by atoms with van der Waals surface area (Å²) in [6.45, 7) is 10.7. The van der Waals surface area contributed by atoms with Gasteiger partial charge in [-0.1, -0.05) is 45.0 Å². The number of thiazole rings is 1. The molecule has 7 heterocycles. The van der Waals surface area contributed by atoms with Crippen molar-refractivity contribution >= 4 is 58.3 Å². The maximum absolute atomic E-state index is 15.1. The topological polar surface area (TPSA) is 218 Å². The van der Waals surface area contributed by atoms with Crippen LogP contribution in [-0.4, -0.2) is 128 Å². The van der Waals surface area contributed by atoms with E-state index in [9.17, 15) is 28.8 Å². The first-order valence-corrected chi connectivity index (χ1v) is 27.9. The Balaban J connectivity index is 0.754. The molecule has 5 aromatic rings. The molecule has 2 fully saturated rings. The molecule has 2 atom stereocenters. The number of hydrogen-bond acceptors (Lipinski definition) is 12. The van der Waals surface area contributed by atoms with E-state index in [1.807, 2.05) is 37.3 Å². The first-order valence-electron chi connectivity index (χ1n) is 27.0. The molecule has 0 saturated carbocycles. The molecule has 78 heavy (non-hydrogen) atoms. The molecule has 0 unspecified atom stereocenters. The number of nitrogens with zero attached hydrogens (tertiary/aromatic N) is 8. The second kappa shape index (κ2) is 24.3. The summed E-state index contributed by atoms with van der Waals surface area (Å²) in [5, 5.41) is 21.0. The fraction of sp³-hybridized carbons (Fsp3) is 0.518. The molecule has 2 saturated heterocycles. The standard InChI is InChI=1S/C56H70F2N12O7S/c1-34-49(78-33-62-34)36-14-12-35(13-15-36)28-61-53(74)46-26-40(71)31-69(46)54(75)50(56(2,3)4)64-48(73)11-7-6-10-47(72)60-19-22-67-30-38(29-63-67)41-25-37-9-8-20-68(45(37)27-42(41)51(57)58)52-43-32-66(55(76)59-5)21-16-44(43)70(65-52)39-17-23-77-24-18-39/h12-15,25,27,29-30,33,39,46,50-51H,6-11,16-24,26,28,31-32H2,1-5H3,(H,59,76)(H,60,72)(H,61,74)(H,64,73)/t46-,50+/m0/s1. The van der Waals surface area contributed by atoms with E-state index in [0.29, 0.717) is 87.7 Å². The van der Waals surface area contributed by atoms with E-state index in [-0.39, 0.29) is 74.1 Å². The van der Waals surface area contributed by atoms with Gasteiger partial charge in [-0.25, -0.2) is 18.6 Å². The highest BCUT2D eigenvalue weighted by Gasteiger charge is 2.44. The lowest BCUT2D eigenvalue weighted by Crippen LogP contribution is -2.57. The fourth-order valence-corrected chi connectivity index (χ4v) is 11.8. The molecule has 4 N–H and O–H groups in total. The van der Waals surface area contributed by atoms with Gasteiger partial charge < -0.3 is 40.7 Å². The van der Waals surface area contributed by atoms with E-state index >= 15 is 8.78 Å². The smallest absolute Gasteiger partial charge is 0.317 e. The largest absolute Gasteiger partial charge is 0.381 e. The van der Waals surface area contributed by atoms with Crippen LogP contribution in [0, 0.1) is 12.3 Å². The Bertz CT molecular complexity index is 3020. The Morgan fingerprint density at radius 2 is 1.69 bits per heavy atom. The number of halogens is 2. The third-order valence-electron chi connectivity index (χ3n) is 15.2. The van der Waals surface area contributed by atoms with Gasteiger partial charge in [-0.3, -0.25) is 33.3 Å². The maximum atomic E-state index is 15.1. The Hall–Kier alpha value is -7.07. The van der Waals surface area contributed by atoms with Crippen LogP contribution in [0.25, 0.3) is 21.6 Å². The molecular formula is C56H70F2N12O7S. The van der Waals surface area contributed by atoms with Crippen LogP contribution in [0.2, 0.25) is 0 Å². The second-order valence-corrected chi connectivity index (χ2v) is 22.6. The lowest BCUT2D eigenvalue weighted by atomic mass is 9.85. The molecule has 19 nitrogen and oxygen atoms in total. The second-order valence-electron chi connectivity index (χ2n) is 21.7. The van der Waals surface area contributed by atoms with E-state index in [1.54, 1.807) is 72.7 Å². The monoisotopic (exact) mass is 1090 g/mol. The average Bonchev–Trinajstić information content (AvgIpc) is 4.29. The summed E-state index contributed by atoms with van der Waals surface area (Å²) < 4.78 is 39.6. The minimum absolute atomic E-state index is 0.0512. The van der Waals surface area contributed by atoms with Crippen molar-refractivity contribution in [2.45, 2.75) is 136 Å². The number of carbonyl (C=O) groups excluding carboxylic acids is 6. The molecule has 4 aliphatic rings. The number of benzene rings is 2. The van der Waals surface area contributed by atoms with Crippen molar-refractivity contribution < 1.29 is 42.3 Å². The number of aryl methyl sites for hydroxylation is 2. The number of aromatic nitrogens is 5. The van der Waals surface area contributed by atoms with Gasteiger partial charge in [-0.15, -0.1) is 11.3 Å². The van der Waals surface area contributed by atoms with Crippen molar-refractivity contribution in [1.82, 2.24) is 55.6 Å². The van der Waals surface area contributed by atoms with Gasteiger partial charge in [0.2, 0.25) is 23.6 Å². The zero-order valence-electron chi connectivity index (χ0n) is 45.0. The molecule has 0 aliphatic carbocycles. The molecule has 4 aliphatic heterocycles. The highest BCUT2D eigenvalue weighted by Crippen LogP contribution is 2.44. The number of anilines is 2. The number of ether oxygens (including phenoxy) is 1. The number of ketones is 1. The van der Waals surface area contributed by atoms with E-state index in [4.69, 9.17) is 9.84 Å². The number of rotatable bonds is 18. The van der Waals surface area contributed by atoms with E-state index < -0.39 is 35.7 Å². The van der Waals surface area contributed by atoms with E-state index in [0.717, 1.165) is 57.8 Å². The molecule has 3 aromatic heterocycles. The Morgan fingerprint density at radius 3 is 2.40 bits per heavy atom. The van der Waals surface area contributed by atoms with Crippen molar-refractivity contribution in [1.29, 1.82) is 0 Å². The number of urea groups is 1. The van der Waals surface area contributed by atoms with E-state index in [2.05, 4.69) is 40.9 Å². The van der Waals surface area contributed by atoms with Crippen molar-refractivity contribution in [2.24, 2.45) is 5.41 Å². The van der Waals surface area contributed by atoms with Crippen molar-refractivity contribution in [3.05, 3.63) is 87.9 Å². The molecule has 6 amide bonds. The van der Waals surface area contributed by atoms with Crippen LogP contribution < -0.4 is 26.2 Å². The summed E-state index contributed by atoms with van der Waals surface area (Å²) in [5.41, 5.74) is 8.28. The average molecular weight is 1090 g/mol. The van der Waals surface area contributed by atoms with Gasteiger partial charge >= 0.3 is 6.03 Å². The Kier molecular flexibility index (Phi) is 17.3. The number of fused-ring (bicyclic) bond motifs is 2. The van der Waals surface area contributed by atoms with Crippen LogP contribution in [0.1, 0.15) is 118 Å². The van der Waals surface area contributed by atoms with Gasteiger partial charge in [0, 0.05) is 106 Å². The number of nitrogens with one attached hydrogen (secondary N) is 4. The lowest BCUT2D eigenvalue weighted by molar-refractivity contribution is -0.144. The summed E-state index contributed by atoms with van der Waals surface area (Å²) in [7, 11) is 1.61. The summed E-state index contributed by atoms with van der Waals surface area (Å²) in [4.78, 5) is 89.7. The van der Waals surface area contributed by atoms with Gasteiger partial charge in [0.25, 0.3) is 6.43 Å². The number of Topliss-reactive ketones (excluding diaryl/α,β-unsaturated/α-hetero) is 1. The highest BCUT2D eigenvalue weighted by atomic mass is 32.1. The Labute approximate surface area is 456 Å². The maximum Gasteiger partial charge on any atom is 0.317 e. The number of carbonyl (C=O) groups is 6. The minimum atomic E-state index is -2.78. The number of alkyl halides is 2. The van der Waals surface area contributed by atoms with E-state index in [1.165, 1.54) is 4.90 Å². The third-order valence-corrected chi connectivity index (χ3v) is 16.2. The number of hydrogen-bond donors (Lipinski definition) is 4. The van der Waals surface area contributed by atoms with Crippen LogP contribution in [0.15, 0.2) is 54.3 Å². The molecular weight excluding hydrogens is 1020 g/mol. The SMILES string of the molecule is CNC(=O)N1CCc2c(c(N3CCCc4cc(-c5cnn(CCNC(=O)CCCCC(=O)N[C@H](C(=O)N6CC(=O)C[C@H]6C(=O)NCc6ccc(-c7scnc7C)cc6)C(C)(C)C)c5)c(C(F)F)cc43)nn2C2CCOCC2)C1. The normalized spacial score (nSPS) is 17.2. The van der Waals surface area contributed by atoms with Gasteiger partial charge in [0.15, 0.2) is 11.6 Å². The summed E-state index contributed by atoms with van der Waals surface area (Å²) >= 11 is 1.55. The zero-order valence-corrected chi connectivity index (χ0v) is 45.9. The number of unbranched alkanes of at least 4 members (excludes halogenated alkanes) is 1. The molecule has 0 spiro atoms. The minimum Gasteiger partial charge on any atom is -0.381 e. The van der Waals surface area contributed by atoms with Crippen LogP contribution in [-0.2, 0) is 61.2 Å². The number of amides is 6. The first-order chi connectivity index (χ1) is 37.5. The molecule has 416 valence electrons.